The average Bonchev–Trinajstić information content (AvgIpc) is 3.41. The molecule has 0 saturated carbocycles. The number of nitrogens with zero attached hydrogens (tertiary/aromatic N) is 3. The highest BCUT2D eigenvalue weighted by molar-refractivity contribution is 7.98. The lowest BCUT2D eigenvalue weighted by Crippen LogP contribution is -2.16. The number of carbonyl (C=O) groups excluding carboxylic acids is 1. The molecule has 1 aliphatic rings. The summed E-state index contributed by atoms with van der Waals surface area (Å²) in [5.74, 6) is 2.53. The van der Waals surface area contributed by atoms with Crippen molar-refractivity contribution in [3.63, 3.8) is 0 Å². The number of aromatic amines is 1. The normalized spacial score (nSPS) is 13.2. The molecule has 0 aliphatic heterocycles. The fraction of sp³-hybridized carbons (Fsp3) is 0.333. The predicted octanol–water partition coefficient (Wildman–Crippen LogP) is 4.37. The van der Waals surface area contributed by atoms with E-state index in [0.29, 0.717) is 36.1 Å². The molecule has 3 aromatic heterocycles. The van der Waals surface area contributed by atoms with Crippen LogP contribution in [0.5, 0.6) is 0 Å². The molecule has 0 radical (unpaired) electrons. The number of thiophene rings is 1. The van der Waals surface area contributed by atoms with Crippen LogP contribution < -0.4 is 10.9 Å². The van der Waals surface area contributed by atoms with E-state index in [1.807, 2.05) is 30.3 Å². The van der Waals surface area contributed by atoms with Crippen LogP contribution >= 0.6 is 23.1 Å². The molecule has 1 amide bonds. The summed E-state index contributed by atoms with van der Waals surface area (Å²) >= 11 is 3.26. The number of carbonyl (C=O) groups is 1. The second-order valence-corrected chi connectivity index (χ2v) is 10.3. The molecular weight excluding hydrogens is 454 g/mol. The summed E-state index contributed by atoms with van der Waals surface area (Å²) in [7, 11) is 0. The summed E-state index contributed by atoms with van der Waals surface area (Å²) in [5, 5.41) is 8.05. The fourth-order valence-electron chi connectivity index (χ4n) is 4.14. The minimum Gasteiger partial charge on any atom is -0.311 e. The maximum atomic E-state index is 12.6. The molecule has 5 rings (SSSR count). The molecule has 0 fully saturated rings. The fourth-order valence-corrected chi connectivity index (χ4v) is 6.22. The van der Waals surface area contributed by atoms with E-state index in [0.717, 1.165) is 35.0 Å². The molecular formula is C24H25N5O2S2. The number of thioether (sulfide) groups is 1. The molecule has 9 heteroatoms. The summed E-state index contributed by atoms with van der Waals surface area (Å²) in [6.45, 7) is 0.603. The number of aryl methyl sites for hydroxylation is 2. The summed E-state index contributed by atoms with van der Waals surface area (Å²) in [6, 6.07) is 11.8. The minimum absolute atomic E-state index is 0.0283. The van der Waals surface area contributed by atoms with Gasteiger partial charge in [-0.25, -0.2) is 9.67 Å². The molecule has 7 nitrogen and oxygen atoms in total. The molecule has 33 heavy (non-hydrogen) atoms. The van der Waals surface area contributed by atoms with E-state index < -0.39 is 0 Å². The van der Waals surface area contributed by atoms with Crippen LogP contribution in [0.3, 0.4) is 0 Å². The van der Waals surface area contributed by atoms with Crippen LogP contribution in [0.15, 0.2) is 47.4 Å². The topological polar surface area (TPSA) is 92.7 Å². The second-order valence-electron chi connectivity index (χ2n) is 8.11. The van der Waals surface area contributed by atoms with Crippen molar-refractivity contribution in [3.8, 4) is 0 Å². The van der Waals surface area contributed by atoms with Gasteiger partial charge in [0.1, 0.15) is 16.5 Å². The van der Waals surface area contributed by atoms with Crippen molar-refractivity contribution in [2.45, 2.75) is 44.4 Å². The molecule has 0 atom stereocenters. The van der Waals surface area contributed by atoms with Gasteiger partial charge in [0, 0.05) is 23.1 Å². The van der Waals surface area contributed by atoms with Gasteiger partial charge in [-0.1, -0.05) is 30.3 Å². The van der Waals surface area contributed by atoms with Crippen LogP contribution in [-0.2, 0) is 29.9 Å². The van der Waals surface area contributed by atoms with Gasteiger partial charge in [0.05, 0.1) is 23.9 Å². The van der Waals surface area contributed by atoms with E-state index in [1.54, 1.807) is 40.0 Å². The van der Waals surface area contributed by atoms with Crippen LogP contribution in [0.2, 0.25) is 0 Å². The molecule has 170 valence electrons. The van der Waals surface area contributed by atoms with E-state index in [4.69, 9.17) is 4.98 Å². The first-order valence-electron chi connectivity index (χ1n) is 11.1. The third kappa shape index (κ3) is 5.04. The molecule has 1 aliphatic carbocycles. The zero-order valence-electron chi connectivity index (χ0n) is 18.2. The van der Waals surface area contributed by atoms with E-state index in [9.17, 15) is 9.59 Å². The summed E-state index contributed by atoms with van der Waals surface area (Å²) in [6.07, 6.45) is 6.43. The summed E-state index contributed by atoms with van der Waals surface area (Å²) < 4.78 is 1.78. The maximum absolute atomic E-state index is 12.6. The largest absolute Gasteiger partial charge is 0.311 e. The zero-order valence-corrected chi connectivity index (χ0v) is 19.8. The van der Waals surface area contributed by atoms with Gasteiger partial charge >= 0.3 is 0 Å². The van der Waals surface area contributed by atoms with Gasteiger partial charge in [-0.05, 0) is 36.8 Å². The van der Waals surface area contributed by atoms with Crippen molar-refractivity contribution >= 4 is 45.0 Å². The number of rotatable bonds is 8. The number of hydrogen-bond donors (Lipinski definition) is 2. The molecule has 0 spiro atoms. The van der Waals surface area contributed by atoms with Gasteiger partial charge in [0.25, 0.3) is 5.56 Å². The Kier molecular flexibility index (Phi) is 6.59. The van der Waals surface area contributed by atoms with Crippen LogP contribution in [0, 0.1) is 0 Å². The smallest absolute Gasteiger partial charge is 0.259 e. The average molecular weight is 480 g/mol. The van der Waals surface area contributed by atoms with Crippen molar-refractivity contribution in [1.82, 2.24) is 19.7 Å². The lowest BCUT2D eigenvalue weighted by atomic mass is 9.97. The Morgan fingerprint density at radius 1 is 1.18 bits per heavy atom. The van der Waals surface area contributed by atoms with E-state index in [2.05, 4.69) is 15.4 Å². The number of benzene rings is 1. The lowest BCUT2D eigenvalue weighted by Gasteiger charge is -2.09. The van der Waals surface area contributed by atoms with Crippen molar-refractivity contribution in [3.05, 3.63) is 74.8 Å². The van der Waals surface area contributed by atoms with E-state index >= 15 is 0 Å². The highest BCUT2D eigenvalue weighted by Crippen LogP contribution is 2.33. The third-order valence-electron chi connectivity index (χ3n) is 5.75. The molecule has 4 aromatic rings. The van der Waals surface area contributed by atoms with Crippen molar-refractivity contribution < 1.29 is 4.79 Å². The van der Waals surface area contributed by atoms with Gasteiger partial charge in [-0.2, -0.15) is 16.9 Å². The Morgan fingerprint density at radius 2 is 2.03 bits per heavy atom. The number of amides is 1. The van der Waals surface area contributed by atoms with E-state index in [-0.39, 0.29) is 11.5 Å². The van der Waals surface area contributed by atoms with E-state index in [1.165, 1.54) is 16.9 Å². The van der Waals surface area contributed by atoms with Crippen molar-refractivity contribution in [2.24, 2.45) is 0 Å². The van der Waals surface area contributed by atoms with Gasteiger partial charge in [-0.15, -0.1) is 11.3 Å². The highest BCUT2D eigenvalue weighted by Gasteiger charge is 2.19. The molecule has 0 saturated heterocycles. The molecule has 3 heterocycles. The molecule has 1 aromatic carbocycles. The van der Waals surface area contributed by atoms with Crippen LogP contribution in [0.25, 0.3) is 10.2 Å². The lowest BCUT2D eigenvalue weighted by molar-refractivity contribution is -0.115. The Hall–Kier alpha value is -2.91. The third-order valence-corrected chi connectivity index (χ3v) is 7.90. The number of H-pyrrole nitrogens is 1. The first kappa shape index (κ1) is 21.9. The predicted molar refractivity (Wildman–Crippen MR) is 134 cm³/mol. The first-order valence-corrected chi connectivity index (χ1v) is 13.1. The van der Waals surface area contributed by atoms with Crippen LogP contribution in [0.4, 0.5) is 5.82 Å². The van der Waals surface area contributed by atoms with Gasteiger partial charge in [-0.3, -0.25) is 9.59 Å². The van der Waals surface area contributed by atoms with Crippen LogP contribution in [0.1, 0.15) is 41.1 Å². The number of fused-ring (bicyclic) bond motifs is 3. The van der Waals surface area contributed by atoms with Gasteiger partial charge in [0.2, 0.25) is 5.91 Å². The number of aromatic nitrogens is 4. The maximum Gasteiger partial charge on any atom is 0.259 e. The molecule has 2 N–H and O–H groups in total. The second kappa shape index (κ2) is 9.93. The highest BCUT2D eigenvalue weighted by atomic mass is 32.2. The minimum atomic E-state index is -0.0554. The number of anilines is 1. The summed E-state index contributed by atoms with van der Waals surface area (Å²) in [5.41, 5.74) is 2.30. The zero-order chi connectivity index (χ0) is 22.6. The van der Waals surface area contributed by atoms with Crippen molar-refractivity contribution in [1.29, 1.82) is 0 Å². The van der Waals surface area contributed by atoms with Crippen molar-refractivity contribution in [2.75, 3.05) is 11.1 Å². The van der Waals surface area contributed by atoms with Crippen LogP contribution in [-0.4, -0.2) is 31.4 Å². The molecule has 0 bridgehead atoms. The number of nitrogens with one attached hydrogen (secondary N) is 2. The Labute approximate surface area is 199 Å². The summed E-state index contributed by atoms with van der Waals surface area (Å²) in [4.78, 5) is 34.9. The Bertz CT molecular complexity index is 1330. The SMILES string of the molecule is O=C(CCSCc1nc2sc3c(c2c(=O)[nH]1)CCCC3)Nc1ccnn1Cc1ccccc1. The monoisotopic (exact) mass is 479 g/mol. The Balaban J connectivity index is 1.14. The van der Waals surface area contributed by atoms with Gasteiger partial charge in [0.15, 0.2) is 0 Å². The first-order chi connectivity index (χ1) is 16.2. The Morgan fingerprint density at radius 3 is 2.91 bits per heavy atom. The standard InChI is InChI=1S/C24H25N5O2S2/c30-21(28-20-10-12-25-29(20)14-16-6-2-1-3-7-16)11-13-32-15-19-26-23(31)22-17-8-4-5-9-18(17)33-24(22)27-19/h1-3,6-7,10,12H,4-5,8-9,11,13-15H2,(H,28,30)(H,26,27,31). The molecule has 0 unspecified atom stereocenters. The van der Waals surface area contributed by atoms with Gasteiger partial charge < -0.3 is 10.3 Å². The quantitative estimate of drug-likeness (QED) is 0.366. The number of hydrogen-bond acceptors (Lipinski definition) is 6.